The molecule has 0 saturated carbocycles. The molecule has 0 spiro atoms. The van der Waals surface area contributed by atoms with E-state index in [9.17, 15) is 8.42 Å². The largest absolute Gasteiger partial charge is 0.339 e. The number of nitrogens with one attached hydrogen (secondary N) is 1. The van der Waals surface area contributed by atoms with E-state index in [4.69, 9.17) is 0 Å². The Labute approximate surface area is 150 Å². The second-order valence-corrected chi connectivity index (χ2v) is 8.22. The molecule has 1 N–H and O–H groups in total. The number of halogens is 1. The number of anilines is 1. The average molecular weight is 405 g/mol. The molecule has 0 radical (unpaired) electrons. The van der Waals surface area contributed by atoms with Gasteiger partial charge < -0.3 is 5.32 Å². The maximum absolute atomic E-state index is 12.5. The molecular weight excluding hydrogens is 388 g/mol. The van der Waals surface area contributed by atoms with Crippen LogP contribution in [0.4, 0.5) is 5.69 Å². The smallest absolute Gasteiger partial charge is 0.285 e. The van der Waals surface area contributed by atoms with E-state index in [1.165, 1.54) is 0 Å². The molecular formula is C18H17BrN2O2S. The minimum atomic E-state index is -3.69. The minimum absolute atomic E-state index is 0.263. The van der Waals surface area contributed by atoms with Crippen molar-refractivity contribution in [1.29, 1.82) is 0 Å². The van der Waals surface area contributed by atoms with Gasteiger partial charge in [0.2, 0.25) is 0 Å². The van der Waals surface area contributed by atoms with Crippen molar-refractivity contribution in [2.24, 2.45) is 4.40 Å². The number of nitrogens with zero attached hydrogens (tertiary/aromatic N) is 1. The first kappa shape index (κ1) is 16.9. The predicted molar refractivity (Wildman–Crippen MR) is 103 cm³/mol. The fourth-order valence-corrected chi connectivity index (χ4v) is 4.26. The van der Waals surface area contributed by atoms with Crippen LogP contribution in [0.1, 0.15) is 23.6 Å². The van der Waals surface area contributed by atoms with Gasteiger partial charge in [-0.25, -0.2) is 0 Å². The summed E-state index contributed by atoms with van der Waals surface area (Å²) in [5.74, 6) is 0.368. The third-order valence-electron chi connectivity index (χ3n) is 3.90. The van der Waals surface area contributed by atoms with Crippen LogP contribution in [-0.2, 0) is 10.0 Å². The summed E-state index contributed by atoms with van der Waals surface area (Å²) in [6.45, 7) is 5.72. The molecule has 1 heterocycles. The summed E-state index contributed by atoms with van der Waals surface area (Å²) in [6, 6.07) is 13.2. The van der Waals surface area contributed by atoms with Crippen molar-refractivity contribution in [2.45, 2.75) is 20.8 Å². The van der Waals surface area contributed by atoms with Crippen molar-refractivity contribution >= 4 is 42.4 Å². The Kier molecular flexibility index (Phi) is 4.36. The van der Waals surface area contributed by atoms with Crippen LogP contribution in [0.5, 0.6) is 0 Å². The van der Waals surface area contributed by atoms with E-state index in [1.807, 2.05) is 56.3 Å². The molecule has 1 aliphatic rings. The van der Waals surface area contributed by atoms with Gasteiger partial charge in [0.25, 0.3) is 10.0 Å². The van der Waals surface area contributed by atoms with Crippen LogP contribution in [-0.4, -0.2) is 14.3 Å². The van der Waals surface area contributed by atoms with Crippen molar-refractivity contribution in [2.75, 3.05) is 5.32 Å². The molecule has 124 valence electrons. The van der Waals surface area contributed by atoms with Crippen LogP contribution >= 0.6 is 15.9 Å². The second kappa shape index (κ2) is 6.18. The van der Waals surface area contributed by atoms with Gasteiger partial charge in [0.05, 0.1) is 0 Å². The Hall–Kier alpha value is -1.92. The molecule has 0 aromatic heterocycles. The van der Waals surface area contributed by atoms with Crippen molar-refractivity contribution in [1.82, 2.24) is 0 Å². The van der Waals surface area contributed by atoms with Gasteiger partial charge in [0, 0.05) is 15.7 Å². The molecule has 0 fully saturated rings. The lowest BCUT2D eigenvalue weighted by molar-refractivity contribution is 0.608. The highest BCUT2D eigenvalue weighted by Crippen LogP contribution is 2.33. The summed E-state index contributed by atoms with van der Waals surface area (Å²) in [5.41, 5.74) is 4.22. The lowest BCUT2D eigenvalue weighted by Gasteiger charge is -2.09. The summed E-state index contributed by atoms with van der Waals surface area (Å²) in [6.07, 6.45) is 0. The Morgan fingerprint density at radius 2 is 1.67 bits per heavy atom. The van der Waals surface area contributed by atoms with Gasteiger partial charge >= 0.3 is 0 Å². The highest BCUT2D eigenvalue weighted by Gasteiger charge is 2.31. The molecule has 2 aromatic carbocycles. The first-order valence-corrected chi connectivity index (χ1v) is 9.68. The lowest BCUT2D eigenvalue weighted by atomic mass is 10.1. The highest BCUT2D eigenvalue weighted by molar-refractivity contribution is 9.10. The van der Waals surface area contributed by atoms with Gasteiger partial charge in [0.1, 0.15) is 10.7 Å². The van der Waals surface area contributed by atoms with Crippen molar-refractivity contribution < 1.29 is 8.42 Å². The average Bonchev–Trinajstić information content (AvgIpc) is 2.73. The Balaban J connectivity index is 2.00. The van der Waals surface area contributed by atoms with E-state index in [0.29, 0.717) is 17.0 Å². The summed E-state index contributed by atoms with van der Waals surface area (Å²) < 4.78 is 29.9. The third-order valence-corrected chi connectivity index (χ3v) is 6.27. The van der Waals surface area contributed by atoms with Crippen LogP contribution in [0, 0.1) is 13.8 Å². The summed E-state index contributed by atoms with van der Waals surface area (Å²) in [7, 11) is -3.69. The molecule has 0 amide bonds. The molecule has 0 saturated heterocycles. The van der Waals surface area contributed by atoms with Crippen molar-refractivity contribution in [3.8, 4) is 0 Å². The van der Waals surface area contributed by atoms with E-state index in [2.05, 4.69) is 25.6 Å². The molecule has 0 bridgehead atoms. The Bertz CT molecular complexity index is 975. The molecule has 4 nitrogen and oxygen atoms in total. The molecule has 0 atom stereocenters. The third kappa shape index (κ3) is 3.16. The lowest BCUT2D eigenvalue weighted by Crippen LogP contribution is -2.11. The van der Waals surface area contributed by atoms with E-state index in [1.54, 1.807) is 6.92 Å². The van der Waals surface area contributed by atoms with Gasteiger partial charge in [-0.1, -0.05) is 45.8 Å². The monoisotopic (exact) mass is 404 g/mol. The normalized spacial score (nSPS) is 16.2. The maximum Gasteiger partial charge on any atom is 0.285 e. The maximum atomic E-state index is 12.5. The van der Waals surface area contributed by atoms with Gasteiger partial charge in [-0.15, -0.1) is 4.40 Å². The van der Waals surface area contributed by atoms with Gasteiger partial charge in [-0.05, 0) is 50.1 Å². The minimum Gasteiger partial charge on any atom is -0.339 e. The Morgan fingerprint density at radius 3 is 2.29 bits per heavy atom. The summed E-state index contributed by atoms with van der Waals surface area (Å²) >= 11 is 3.45. The first-order valence-electron chi connectivity index (χ1n) is 7.44. The molecule has 1 aliphatic heterocycles. The van der Waals surface area contributed by atoms with Crippen LogP contribution < -0.4 is 5.32 Å². The highest BCUT2D eigenvalue weighted by atomic mass is 79.9. The van der Waals surface area contributed by atoms with Crippen LogP contribution in [0.2, 0.25) is 0 Å². The fraction of sp³-hybridized carbons (Fsp3) is 0.167. The first-order chi connectivity index (χ1) is 11.3. The molecule has 3 rings (SSSR count). The SMILES string of the molecule is CC1=C(c2ccc(C)cc2)S(=O)(=O)N=C1Nc1ccc(Br)c(C)c1. The zero-order valence-corrected chi connectivity index (χ0v) is 16.0. The van der Waals surface area contributed by atoms with Gasteiger partial charge in [-0.3, -0.25) is 0 Å². The van der Waals surface area contributed by atoms with Crippen molar-refractivity contribution in [3.05, 3.63) is 69.2 Å². The number of sulfonamides is 1. The zero-order chi connectivity index (χ0) is 17.5. The van der Waals surface area contributed by atoms with Gasteiger partial charge in [-0.2, -0.15) is 8.42 Å². The van der Waals surface area contributed by atoms with E-state index < -0.39 is 10.0 Å². The van der Waals surface area contributed by atoms with Crippen LogP contribution in [0.25, 0.3) is 4.91 Å². The molecule has 6 heteroatoms. The van der Waals surface area contributed by atoms with Crippen LogP contribution in [0.15, 0.2) is 56.9 Å². The number of hydrogen-bond donors (Lipinski definition) is 1. The zero-order valence-electron chi connectivity index (χ0n) is 13.6. The number of rotatable bonds is 2. The van der Waals surface area contributed by atoms with E-state index >= 15 is 0 Å². The molecule has 0 unspecified atom stereocenters. The predicted octanol–water partition coefficient (Wildman–Crippen LogP) is 4.65. The molecule has 2 aromatic rings. The Morgan fingerprint density at radius 1 is 1.00 bits per heavy atom. The number of aryl methyl sites for hydroxylation is 2. The fourth-order valence-electron chi connectivity index (χ4n) is 2.58. The topological polar surface area (TPSA) is 58.5 Å². The summed E-state index contributed by atoms with van der Waals surface area (Å²) in [4.78, 5) is 0.263. The number of amidine groups is 1. The van der Waals surface area contributed by atoms with Gasteiger partial charge in [0.15, 0.2) is 0 Å². The quantitative estimate of drug-likeness (QED) is 0.791. The van der Waals surface area contributed by atoms with E-state index in [0.717, 1.165) is 21.3 Å². The number of hydrogen-bond acceptors (Lipinski definition) is 3. The number of benzene rings is 2. The molecule has 0 aliphatic carbocycles. The van der Waals surface area contributed by atoms with Crippen LogP contribution in [0.3, 0.4) is 0 Å². The standard InChI is InChI=1S/C18H17BrN2O2S/c1-11-4-6-14(7-5-11)17-13(3)18(21-24(17,22)23)20-15-8-9-16(19)12(2)10-15/h4-10H,1-3H3,(H,20,21). The van der Waals surface area contributed by atoms with E-state index in [-0.39, 0.29) is 4.91 Å². The molecule has 24 heavy (non-hydrogen) atoms. The van der Waals surface area contributed by atoms with Crippen molar-refractivity contribution in [3.63, 3.8) is 0 Å². The summed E-state index contributed by atoms with van der Waals surface area (Å²) in [5, 5.41) is 3.12. The second-order valence-electron chi connectivity index (χ2n) is 5.82.